The molecule has 0 fully saturated rings. The number of aromatic nitrogens is 2. The second kappa shape index (κ2) is 11.7. The van der Waals surface area contributed by atoms with Gasteiger partial charge in [-0.25, -0.2) is 4.99 Å². The van der Waals surface area contributed by atoms with Crippen molar-refractivity contribution in [1.29, 1.82) is 0 Å². The Bertz CT molecular complexity index is 3790. The summed E-state index contributed by atoms with van der Waals surface area (Å²) in [7, 11) is 0. The summed E-state index contributed by atoms with van der Waals surface area (Å²) < 4.78 is 7.45. The van der Waals surface area contributed by atoms with E-state index >= 15 is 0 Å². The molecule has 4 heterocycles. The Hall–Kier alpha value is -7.21. The number of thiophene rings is 1. The fraction of sp³-hybridized carbons (Fsp3) is 0.0192. The van der Waals surface area contributed by atoms with Gasteiger partial charge in [-0.2, -0.15) is 0 Å². The van der Waals surface area contributed by atoms with Crippen molar-refractivity contribution in [2.24, 2.45) is 4.99 Å². The summed E-state index contributed by atoms with van der Waals surface area (Å²) in [4.78, 5) is 5.65. The molecule has 1 unspecified atom stereocenters. The minimum Gasteiger partial charge on any atom is -0.345 e. The van der Waals surface area contributed by atoms with Crippen LogP contribution in [0.4, 0.5) is 0 Å². The van der Waals surface area contributed by atoms with Gasteiger partial charge in [-0.15, -0.1) is 11.3 Å². The molecule has 1 aliphatic rings. The predicted molar refractivity (Wildman–Crippen MR) is 240 cm³/mol. The van der Waals surface area contributed by atoms with Crippen molar-refractivity contribution in [1.82, 2.24) is 14.5 Å². The van der Waals surface area contributed by atoms with Gasteiger partial charge < -0.3 is 14.5 Å². The lowest BCUT2D eigenvalue weighted by Crippen LogP contribution is -2.42. The van der Waals surface area contributed by atoms with Gasteiger partial charge in [0, 0.05) is 63.4 Å². The topological polar surface area (TPSA) is 34.2 Å². The van der Waals surface area contributed by atoms with Gasteiger partial charge in [-0.05, 0) is 70.9 Å². The van der Waals surface area contributed by atoms with Crippen LogP contribution < -0.4 is 15.9 Å². The predicted octanol–water partition coefficient (Wildman–Crippen LogP) is 12.1. The van der Waals surface area contributed by atoms with Crippen LogP contribution in [-0.4, -0.2) is 9.13 Å². The number of para-hydroxylation sites is 3. The summed E-state index contributed by atoms with van der Waals surface area (Å²) in [6, 6.07) is 66.5. The van der Waals surface area contributed by atoms with Gasteiger partial charge in [0.05, 0.1) is 33.1 Å². The fourth-order valence-electron chi connectivity index (χ4n) is 9.57. The van der Waals surface area contributed by atoms with Crippen LogP contribution in [0.5, 0.6) is 0 Å². The van der Waals surface area contributed by atoms with E-state index in [9.17, 15) is 0 Å². The van der Waals surface area contributed by atoms with Crippen molar-refractivity contribution in [3.63, 3.8) is 0 Å². The van der Waals surface area contributed by atoms with E-state index in [0.29, 0.717) is 0 Å². The van der Waals surface area contributed by atoms with E-state index in [2.05, 4.69) is 196 Å². The minimum absolute atomic E-state index is 0.402. The molecule has 13 rings (SSSR count). The molecule has 5 heteroatoms. The van der Waals surface area contributed by atoms with Crippen LogP contribution >= 0.6 is 11.3 Å². The van der Waals surface area contributed by atoms with E-state index in [1.807, 2.05) is 11.3 Å². The normalized spacial score (nSPS) is 14.4. The summed E-state index contributed by atoms with van der Waals surface area (Å²) in [5.41, 5.74) is 8.06. The highest BCUT2D eigenvalue weighted by Gasteiger charge is 2.24. The Morgan fingerprint density at radius 2 is 1.14 bits per heavy atom. The lowest BCUT2D eigenvalue weighted by Gasteiger charge is -2.26. The van der Waals surface area contributed by atoms with E-state index in [0.717, 1.165) is 38.4 Å². The number of nitrogens with zero attached hydrogens (tertiary/aromatic N) is 3. The van der Waals surface area contributed by atoms with Gasteiger partial charge in [0.2, 0.25) is 6.29 Å². The third kappa shape index (κ3) is 4.40. The zero-order valence-electron chi connectivity index (χ0n) is 30.6. The molecule has 266 valence electrons. The molecule has 12 aromatic rings. The molecule has 1 aliphatic heterocycles. The molecule has 1 N–H and O–H groups in total. The van der Waals surface area contributed by atoms with Crippen LogP contribution in [0, 0.1) is 0 Å². The second-order valence-corrected chi connectivity index (χ2v) is 16.2. The maximum absolute atomic E-state index is 5.65. The number of fused-ring (bicyclic) bond motifs is 14. The third-order valence-corrected chi connectivity index (χ3v) is 13.3. The summed E-state index contributed by atoms with van der Waals surface area (Å²) in [5.74, 6) is 0. The summed E-state index contributed by atoms with van der Waals surface area (Å²) in [6.07, 6.45) is -0.402. The summed E-state index contributed by atoms with van der Waals surface area (Å²) in [6.45, 7) is 0. The first kappa shape index (κ1) is 31.0. The van der Waals surface area contributed by atoms with E-state index in [-0.39, 0.29) is 0 Å². The third-order valence-electron chi connectivity index (χ3n) is 12.1. The Labute approximate surface area is 330 Å². The molecule has 0 bridgehead atoms. The molecule has 0 amide bonds. The Balaban J connectivity index is 1.09. The average Bonchev–Trinajstić information content (AvgIpc) is 3.93. The van der Waals surface area contributed by atoms with E-state index in [4.69, 9.17) is 4.99 Å². The molecule has 3 aromatic heterocycles. The average molecular weight is 745 g/mol. The van der Waals surface area contributed by atoms with Gasteiger partial charge >= 0.3 is 0 Å². The van der Waals surface area contributed by atoms with Crippen LogP contribution in [0.2, 0.25) is 0 Å². The Morgan fingerprint density at radius 3 is 2.02 bits per heavy atom. The smallest absolute Gasteiger partial charge is 0.201 e. The summed E-state index contributed by atoms with van der Waals surface area (Å²) in [5, 5.41) is 18.6. The molecule has 0 aliphatic carbocycles. The van der Waals surface area contributed by atoms with Crippen molar-refractivity contribution in [2.45, 2.75) is 6.29 Å². The van der Waals surface area contributed by atoms with Crippen LogP contribution in [0.3, 0.4) is 0 Å². The second-order valence-electron chi connectivity index (χ2n) is 15.1. The molecule has 0 spiro atoms. The highest BCUT2D eigenvalue weighted by atomic mass is 32.1. The quantitative estimate of drug-likeness (QED) is 0.192. The van der Waals surface area contributed by atoms with Crippen molar-refractivity contribution >= 4 is 102 Å². The van der Waals surface area contributed by atoms with Gasteiger partial charge in [0.25, 0.3) is 0 Å². The molecular formula is C52H32N4S. The highest BCUT2D eigenvalue weighted by molar-refractivity contribution is 7.26. The van der Waals surface area contributed by atoms with E-state index < -0.39 is 6.29 Å². The fourth-order valence-corrected chi connectivity index (χ4v) is 10.8. The van der Waals surface area contributed by atoms with E-state index in [1.54, 1.807) is 0 Å². The molecule has 4 nitrogen and oxygen atoms in total. The lowest BCUT2D eigenvalue weighted by molar-refractivity contribution is 0.491. The number of rotatable bonds is 3. The highest BCUT2D eigenvalue weighted by Crippen LogP contribution is 2.42. The standard InChI is InChI=1S/C52H32N4S/c1-2-13-34(14-3-1)55-44-19-9-6-16-36(44)42-29-33(24-27-46(42)55)49-40-26-22-31-12-4-5-15-35(31)50(40)54-52(53-49)56-45-20-10-7-17-37(45)43-28-32-23-25-39-38-18-8-11-21-48(38)57-51(39)41(32)30-47(43)56/h1-30,52-53H. The monoisotopic (exact) mass is 744 g/mol. The number of nitrogens with one attached hydrogen (secondary N) is 1. The Morgan fingerprint density at radius 1 is 0.456 bits per heavy atom. The minimum atomic E-state index is -0.402. The van der Waals surface area contributed by atoms with E-state index in [1.165, 1.54) is 74.4 Å². The van der Waals surface area contributed by atoms with Gasteiger partial charge in [-0.1, -0.05) is 127 Å². The van der Waals surface area contributed by atoms with Gasteiger partial charge in [0.15, 0.2) is 0 Å². The molecular weight excluding hydrogens is 713 g/mol. The number of hydrogen-bond acceptors (Lipinski definition) is 3. The Kier molecular flexibility index (Phi) is 6.35. The van der Waals surface area contributed by atoms with Crippen molar-refractivity contribution < 1.29 is 0 Å². The van der Waals surface area contributed by atoms with Crippen LogP contribution in [0.15, 0.2) is 187 Å². The molecule has 57 heavy (non-hydrogen) atoms. The number of hydrogen-bond donors (Lipinski definition) is 1. The first-order valence-corrected chi connectivity index (χ1v) is 20.3. The van der Waals surface area contributed by atoms with Crippen molar-refractivity contribution in [3.8, 4) is 5.69 Å². The van der Waals surface area contributed by atoms with Crippen molar-refractivity contribution in [2.75, 3.05) is 0 Å². The zero-order valence-corrected chi connectivity index (χ0v) is 31.5. The molecule has 0 saturated carbocycles. The van der Waals surface area contributed by atoms with Crippen LogP contribution in [0.1, 0.15) is 11.9 Å². The first-order valence-electron chi connectivity index (χ1n) is 19.5. The maximum Gasteiger partial charge on any atom is 0.201 e. The SMILES string of the molecule is c1ccc(-n2c3ccccc3c3cc(C4=c5ccc6ccccc6c5=NC(n5c6ccccc6c6cc7ccc8c9ccccc9sc8c7cc65)N4)ccc32)cc1. The molecule has 0 saturated heterocycles. The molecule has 1 atom stereocenters. The number of benzene rings is 9. The zero-order chi connectivity index (χ0) is 37.2. The maximum atomic E-state index is 5.65. The van der Waals surface area contributed by atoms with Gasteiger partial charge in [0.1, 0.15) is 0 Å². The first-order chi connectivity index (χ1) is 28.3. The van der Waals surface area contributed by atoms with Gasteiger partial charge in [-0.3, -0.25) is 0 Å². The largest absolute Gasteiger partial charge is 0.345 e. The van der Waals surface area contributed by atoms with Crippen LogP contribution in [-0.2, 0) is 0 Å². The van der Waals surface area contributed by atoms with Crippen LogP contribution in [0.25, 0.3) is 96.7 Å². The molecule has 9 aromatic carbocycles. The molecule has 0 radical (unpaired) electrons. The lowest BCUT2D eigenvalue weighted by atomic mass is 10.0. The summed E-state index contributed by atoms with van der Waals surface area (Å²) >= 11 is 1.89. The van der Waals surface area contributed by atoms with Crippen molar-refractivity contribution in [3.05, 3.63) is 198 Å².